The van der Waals surface area contributed by atoms with E-state index in [9.17, 15) is 0 Å². The minimum Gasteiger partial charge on any atom is -0.312 e. The second-order valence-corrected chi connectivity index (χ2v) is 4.75. The second kappa shape index (κ2) is 4.60. The maximum absolute atomic E-state index is 4.33. The van der Waals surface area contributed by atoms with E-state index in [1.165, 1.54) is 0 Å². The molecule has 1 aromatic heterocycles. The van der Waals surface area contributed by atoms with E-state index in [1.807, 2.05) is 23.9 Å². The number of nitrogens with one attached hydrogen (secondary N) is 1. The van der Waals surface area contributed by atoms with Crippen molar-refractivity contribution in [3.05, 3.63) is 18.0 Å². The van der Waals surface area contributed by atoms with Crippen LogP contribution in [0.3, 0.4) is 0 Å². The first-order chi connectivity index (χ1) is 6.47. The Labute approximate surface area is 86.5 Å². The molecule has 0 bridgehead atoms. The molecule has 14 heavy (non-hydrogen) atoms. The SMILES string of the molecule is Cc1ccn(CCCNC(C)(C)C)n1. The van der Waals surface area contributed by atoms with Gasteiger partial charge in [-0.1, -0.05) is 0 Å². The van der Waals surface area contributed by atoms with Gasteiger partial charge in [-0.3, -0.25) is 4.68 Å². The van der Waals surface area contributed by atoms with E-state index in [2.05, 4.69) is 31.2 Å². The minimum atomic E-state index is 0.222. The summed E-state index contributed by atoms with van der Waals surface area (Å²) < 4.78 is 2.00. The molecule has 0 spiro atoms. The van der Waals surface area contributed by atoms with Crippen LogP contribution in [0.15, 0.2) is 12.3 Å². The molecule has 0 aromatic carbocycles. The number of rotatable bonds is 4. The predicted octanol–water partition coefficient (Wildman–Crippen LogP) is 1.97. The van der Waals surface area contributed by atoms with E-state index in [0.717, 1.165) is 25.2 Å². The van der Waals surface area contributed by atoms with Crippen molar-refractivity contribution in [3.63, 3.8) is 0 Å². The molecule has 0 atom stereocenters. The van der Waals surface area contributed by atoms with Crippen LogP contribution in [0, 0.1) is 6.92 Å². The summed E-state index contributed by atoms with van der Waals surface area (Å²) in [5.41, 5.74) is 1.31. The highest BCUT2D eigenvalue weighted by Crippen LogP contribution is 1.99. The van der Waals surface area contributed by atoms with Gasteiger partial charge in [0, 0.05) is 18.3 Å². The third kappa shape index (κ3) is 4.42. The molecule has 0 amide bonds. The zero-order valence-corrected chi connectivity index (χ0v) is 9.67. The van der Waals surface area contributed by atoms with Gasteiger partial charge in [-0.25, -0.2) is 0 Å². The maximum Gasteiger partial charge on any atom is 0.0593 e. The standard InChI is InChI=1S/C11H21N3/c1-10-6-9-14(13-10)8-5-7-12-11(2,3)4/h6,9,12H,5,7-8H2,1-4H3. The first kappa shape index (κ1) is 11.2. The average molecular weight is 195 g/mol. The Morgan fingerprint density at radius 1 is 1.43 bits per heavy atom. The molecule has 1 aromatic rings. The molecule has 0 saturated heterocycles. The maximum atomic E-state index is 4.33. The highest BCUT2D eigenvalue weighted by Gasteiger charge is 2.06. The van der Waals surface area contributed by atoms with E-state index >= 15 is 0 Å². The largest absolute Gasteiger partial charge is 0.312 e. The molecule has 3 heteroatoms. The van der Waals surface area contributed by atoms with Crippen LogP contribution in [0.2, 0.25) is 0 Å². The van der Waals surface area contributed by atoms with Crippen LogP contribution in [0.4, 0.5) is 0 Å². The lowest BCUT2D eigenvalue weighted by Crippen LogP contribution is -2.36. The molecular weight excluding hydrogens is 174 g/mol. The quantitative estimate of drug-likeness (QED) is 0.744. The van der Waals surface area contributed by atoms with E-state index in [0.29, 0.717) is 0 Å². The molecule has 0 radical (unpaired) electrons. The summed E-state index contributed by atoms with van der Waals surface area (Å²) in [6, 6.07) is 2.04. The number of nitrogens with zero attached hydrogens (tertiary/aromatic N) is 2. The lowest BCUT2D eigenvalue weighted by atomic mass is 10.1. The van der Waals surface area contributed by atoms with Gasteiger partial charge in [-0.2, -0.15) is 5.10 Å². The molecule has 0 fully saturated rings. The van der Waals surface area contributed by atoms with Crippen molar-refractivity contribution in [2.75, 3.05) is 6.54 Å². The number of aryl methyl sites for hydroxylation is 2. The van der Waals surface area contributed by atoms with E-state index in [-0.39, 0.29) is 5.54 Å². The molecule has 0 aliphatic heterocycles. The molecule has 0 unspecified atom stereocenters. The van der Waals surface area contributed by atoms with Gasteiger partial charge in [-0.05, 0) is 46.7 Å². The topological polar surface area (TPSA) is 29.9 Å². The van der Waals surface area contributed by atoms with Gasteiger partial charge in [0.05, 0.1) is 5.69 Å². The van der Waals surface area contributed by atoms with Crippen molar-refractivity contribution >= 4 is 0 Å². The molecule has 0 aliphatic carbocycles. The zero-order valence-electron chi connectivity index (χ0n) is 9.67. The van der Waals surface area contributed by atoms with Crippen molar-refractivity contribution in [1.82, 2.24) is 15.1 Å². The van der Waals surface area contributed by atoms with Crippen molar-refractivity contribution in [1.29, 1.82) is 0 Å². The number of aromatic nitrogens is 2. The number of hydrogen-bond donors (Lipinski definition) is 1. The van der Waals surface area contributed by atoms with Gasteiger partial charge in [0.15, 0.2) is 0 Å². The lowest BCUT2D eigenvalue weighted by molar-refractivity contribution is 0.409. The molecule has 3 nitrogen and oxygen atoms in total. The molecule has 1 rings (SSSR count). The Morgan fingerprint density at radius 2 is 2.14 bits per heavy atom. The summed E-state index contributed by atoms with van der Waals surface area (Å²) in [7, 11) is 0. The van der Waals surface area contributed by atoms with Gasteiger partial charge in [0.2, 0.25) is 0 Å². The summed E-state index contributed by atoms with van der Waals surface area (Å²) in [5, 5.41) is 7.79. The Morgan fingerprint density at radius 3 is 2.64 bits per heavy atom. The van der Waals surface area contributed by atoms with Crippen molar-refractivity contribution in [3.8, 4) is 0 Å². The average Bonchev–Trinajstić information content (AvgIpc) is 2.44. The molecule has 80 valence electrons. The van der Waals surface area contributed by atoms with Crippen LogP contribution in [-0.2, 0) is 6.54 Å². The van der Waals surface area contributed by atoms with Gasteiger partial charge in [0.25, 0.3) is 0 Å². The van der Waals surface area contributed by atoms with Crippen molar-refractivity contribution in [2.24, 2.45) is 0 Å². The highest BCUT2D eigenvalue weighted by atomic mass is 15.3. The molecule has 0 saturated carbocycles. The fourth-order valence-corrected chi connectivity index (χ4v) is 1.29. The van der Waals surface area contributed by atoms with Crippen LogP contribution in [0.25, 0.3) is 0 Å². The minimum absolute atomic E-state index is 0.222. The third-order valence-corrected chi connectivity index (χ3v) is 1.99. The van der Waals surface area contributed by atoms with Crippen LogP contribution in [0.1, 0.15) is 32.9 Å². The smallest absolute Gasteiger partial charge is 0.0593 e. The van der Waals surface area contributed by atoms with Gasteiger partial charge < -0.3 is 5.32 Å². The summed E-state index contributed by atoms with van der Waals surface area (Å²) in [6.45, 7) is 10.6. The summed E-state index contributed by atoms with van der Waals surface area (Å²) in [4.78, 5) is 0. The fraction of sp³-hybridized carbons (Fsp3) is 0.727. The van der Waals surface area contributed by atoms with Gasteiger partial charge in [-0.15, -0.1) is 0 Å². The molecule has 1 N–H and O–H groups in total. The fourth-order valence-electron chi connectivity index (χ4n) is 1.29. The Kier molecular flexibility index (Phi) is 3.69. The number of hydrogen-bond acceptors (Lipinski definition) is 2. The molecule has 0 aliphatic rings. The zero-order chi connectivity index (χ0) is 10.6. The molecule has 1 heterocycles. The molecular formula is C11H21N3. The predicted molar refractivity (Wildman–Crippen MR) is 59.3 cm³/mol. The van der Waals surface area contributed by atoms with Crippen LogP contribution in [0.5, 0.6) is 0 Å². The lowest BCUT2D eigenvalue weighted by Gasteiger charge is -2.20. The summed E-state index contributed by atoms with van der Waals surface area (Å²) >= 11 is 0. The van der Waals surface area contributed by atoms with Gasteiger partial charge >= 0.3 is 0 Å². The first-order valence-electron chi connectivity index (χ1n) is 5.22. The van der Waals surface area contributed by atoms with Crippen LogP contribution >= 0.6 is 0 Å². The Bertz CT molecular complexity index is 270. The van der Waals surface area contributed by atoms with E-state index < -0.39 is 0 Å². The van der Waals surface area contributed by atoms with Crippen LogP contribution < -0.4 is 5.32 Å². The van der Waals surface area contributed by atoms with Crippen LogP contribution in [-0.4, -0.2) is 21.9 Å². The normalized spacial score (nSPS) is 12.0. The van der Waals surface area contributed by atoms with E-state index in [4.69, 9.17) is 0 Å². The van der Waals surface area contributed by atoms with Crippen molar-refractivity contribution < 1.29 is 0 Å². The van der Waals surface area contributed by atoms with Crippen molar-refractivity contribution in [2.45, 2.75) is 46.2 Å². The summed E-state index contributed by atoms with van der Waals surface area (Å²) in [6.07, 6.45) is 3.16. The summed E-state index contributed by atoms with van der Waals surface area (Å²) in [5.74, 6) is 0. The Balaban J connectivity index is 2.16. The monoisotopic (exact) mass is 195 g/mol. The highest BCUT2D eigenvalue weighted by molar-refractivity contribution is 4.94. The first-order valence-corrected chi connectivity index (χ1v) is 5.22. The second-order valence-electron chi connectivity index (χ2n) is 4.75. The van der Waals surface area contributed by atoms with Gasteiger partial charge in [0.1, 0.15) is 0 Å². The Hall–Kier alpha value is -0.830. The third-order valence-electron chi connectivity index (χ3n) is 1.99. The van der Waals surface area contributed by atoms with E-state index in [1.54, 1.807) is 0 Å².